The molecule has 2 N–H and O–H groups in total. The van der Waals surface area contributed by atoms with E-state index in [0.29, 0.717) is 13.6 Å². The van der Waals surface area contributed by atoms with Crippen LogP contribution in [0, 0.1) is 3.57 Å². The molecule has 0 saturated heterocycles. The van der Waals surface area contributed by atoms with E-state index in [1.165, 1.54) is 26.0 Å². The van der Waals surface area contributed by atoms with Gasteiger partial charge in [0.25, 0.3) is 5.91 Å². The van der Waals surface area contributed by atoms with Gasteiger partial charge in [0.2, 0.25) is 0 Å². The molecule has 0 aliphatic heterocycles. The lowest BCUT2D eigenvalue weighted by molar-refractivity contribution is -0.143. The summed E-state index contributed by atoms with van der Waals surface area (Å²) in [5, 5.41) is 12.0. The summed E-state index contributed by atoms with van der Waals surface area (Å²) in [6, 6.07) is 2.96. The number of amides is 1. The summed E-state index contributed by atoms with van der Waals surface area (Å²) in [5.41, 5.74) is -1.11. The van der Waals surface area contributed by atoms with Crippen molar-refractivity contribution in [2.24, 2.45) is 0 Å². The van der Waals surface area contributed by atoms with Crippen LogP contribution in [-0.2, 0) is 4.79 Å². The second-order valence-electron chi connectivity index (χ2n) is 4.13. The van der Waals surface area contributed by atoms with E-state index in [0.717, 1.165) is 0 Å². The molecule has 0 aliphatic rings. The van der Waals surface area contributed by atoms with Crippen LogP contribution in [0.5, 0.6) is 0 Å². The number of carbonyl (C=O) groups is 2. The number of benzene rings is 1. The van der Waals surface area contributed by atoms with E-state index in [9.17, 15) is 9.59 Å². The lowest BCUT2D eigenvalue weighted by Crippen LogP contribution is -2.49. The molecule has 98 valence electrons. The van der Waals surface area contributed by atoms with Crippen LogP contribution in [-0.4, -0.2) is 22.5 Å². The average Bonchev–Trinajstić information content (AvgIpc) is 2.22. The van der Waals surface area contributed by atoms with Gasteiger partial charge < -0.3 is 10.4 Å². The van der Waals surface area contributed by atoms with Gasteiger partial charge in [0.15, 0.2) is 0 Å². The van der Waals surface area contributed by atoms with Crippen LogP contribution >= 0.6 is 45.8 Å². The van der Waals surface area contributed by atoms with E-state index >= 15 is 0 Å². The van der Waals surface area contributed by atoms with Gasteiger partial charge in [-0.1, -0.05) is 23.2 Å². The van der Waals surface area contributed by atoms with E-state index in [1.54, 1.807) is 0 Å². The molecule has 0 fully saturated rings. The van der Waals surface area contributed by atoms with Gasteiger partial charge in [-0.15, -0.1) is 0 Å². The van der Waals surface area contributed by atoms with Crippen molar-refractivity contribution in [3.05, 3.63) is 31.3 Å². The first-order valence-electron chi connectivity index (χ1n) is 4.85. The Balaban J connectivity index is 3.09. The minimum absolute atomic E-state index is 0.252. The van der Waals surface area contributed by atoms with Gasteiger partial charge in [-0.3, -0.25) is 4.79 Å². The van der Waals surface area contributed by atoms with E-state index < -0.39 is 17.4 Å². The summed E-state index contributed by atoms with van der Waals surface area (Å²) in [6.45, 7) is 2.79. The topological polar surface area (TPSA) is 66.4 Å². The van der Waals surface area contributed by atoms with Crippen LogP contribution in [0.3, 0.4) is 0 Å². The van der Waals surface area contributed by atoms with Crippen LogP contribution in [0.2, 0.25) is 10.0 Å². The van der Waals surface area contributed by atoms with Crippen molar-refractivity contribution >= 4 is 57.7 Å². The number of nitrogens with one attached hydrogen (secondary N) is 1. The molecule has 0 heterocycles. The largest absolute Gasteiger partial charge is 0.480 e. The van der Waals surface area contributed by atoms with Crippen molar-refractivity contribution in [1.82, 2.24) is 5.32 Å². The van der Waals surface area contributed by atoms with Crippen molar-refractivity contribution in [1.29, 1.82) is 0 Å². The molecule has 7 heteroatoms. The number of hydrogen-bond donors (Lipinski definition) is 2. The second kappa shape index (κ2) is 5.63. The van der Waals surface area contributed by atoms with Crippen LogP contribution in [0.15, 0.2) is 12.1 Å². The van der Waals surface area contributed by atoms with Gasteiger partial charge in [-0.2, -0.15) is 0 Å². The zero-order valence-electron chi connectivity index (χ0n) is 9.55. The van der Waals surface area contributed by atoms with Crippen molar-refractivity contribution in [2.45, 2.75) is 19.4 Å². The molecule has 0 saturated carbocycles. The number of halogens is 3. The molecular weight excluding hydrogens is 392 g/mol. The quantitative estimate of drug-likeness (QED) is 0.603. The summed E-state index contributed by atoms with van der Waals surface area (Å²) in [4.78, 5) is 22.9. The standard InChI is InChI=1S/C11H10Cl2INO3/c1-11(2,10(17)18)15-9(16)6-3-5(12)4-7(13)8(6)14/h3-4H,1-2H3,(H,15,16)(H,17,18). The van der Waals surface area contributed by atoms with Gasteiger partial charge >= 0.3 is 5.97 Å². The Morgan fingerprint density at radius 3 is 2.39 bits per heavy atom. The lowest BCUT2D eigenvalue weighted by atomic mass is 10.1. The molecule has 1 aromatic rings. The fourth-order valence-electron chi connectivity index (χ4n) is 1.13. The number of aliphatic carboxylic acids is 1. The van der Waals surface area contributed by atoms with Crippen LogP contribution in [0.4, 0.5) is 0 Å². The van der Waals surface area contributed by atoms with Crippen LogP contribution in [0.1, 0.15) is 24.2 Å². The molecule has 0 spiro atoms. The highest BCUT2D eigenvalue weighted by Gasteiger charge is 2.30. The third kappa shape index (κ3) is 3.49. The summed E-state index contributed by atoms with van der Waals surface area (Å²) >= 11 is 13.6. The first-order valence-corrected chi connectivity index (χ1v) is 6.69. The number of carbonyl (C=O) groups excluding carboxylic acids is 1. The summed E-state index contributed by atoms with van der Waals surface area (Å²) in [6.07, 6.45) is 0. The van der Waals surface area contributed by atoms with Crippen molar-refractivity contribution < 1.29 is 14.7 Å². The Kier molecular flexibility index (Phi) is 4.85. The Bertz CT molecular complexity index is 517. The normalized spacial score (nSPS) is 11.2. The molecule has 0 radical (unpaired) electrons. The summed E-state index contributed by atoms with van der Waals surface area (Å²) in [7, 11) is 0. The van der Waals surface area contributed by atoms with Crippen molar-refractivity contribution in [3.8, 4) is 0 Å². The highest BCUT2D eigenvalue weighted by molar-refractivity contribution is 14.1. The lowest BCUT2D eigenvalue weighted by Gasteiger charge is -2.21. The maximum absolute atomic E-state index is 12.0. The molecule has 0 aromatic heterocycles. The molecular formula is C11H10Cl2INO3. The molecule has 1 amide bonds. The van der Waals surface area contributed by atoms with Gasteiger partial charge in [0, 0.05) is 8.59 Å². The molecule has 0 aliphatic carbocycles. The number of rotatable bonds is 3. The first-order chi connectivity index (χ1) is 8.15. The number of carboxylic acids is 1. The zero-order chi connectivity index (χ0) is 14.1. The monoisotopic (exact) mass is 401 g/mol. The van der Waals surface area contributed by atoms with Crippen molar-refractivity contribution in [2.75, 3.05) is 0 Å². The molecule has 0 bridgehead atoms. The number of carboxylic acid groups (broad SMARTS) is 1. The fourth-order valence-corrected chi connectivity index (χ4v) is 2.18. The molecule has 0 unspecified atom stereocenters. The van der Waals surface area contributed by atoms with Crippen molar-refractivity contribution in [3.63, 3.8) is 0 Å². The van der Waals surface area contributed by atoms with E-state index in [1.807, 2.05) is 22.6 Å². The minimum atomic E-state index is -1.37. The predicted molar refractivity (Wildman–Crippen MR) is 78.4 cm³/mol. The maximum Gasteiger partial charge on any atom is 0.328 e. The molecule has 1 rings (SSSR count). The second-order valence-corrected chi connectivity index (χ2v) is 6.06. The van der Waals surface area contributed by atoms with Gasteiger partial charge in [-0.25, -0.2) is 4.79 Å². The number of hydrogen-bond acceptors (Lipinski definition) is 2. The van der Waals surface area contributed by atoms with Crippen LogP contribution in [0.25, 0.3) is 0 Å². The predicted octanol–water partition coefficient (Wildman–Crippen LogP) is 3.19. The van der Waals surface area contributed by atoms with Crippen LogP contribution < -0.4 is 5.32 Å². The van der Waals surface area contributed by atoms with E-state index in [2.05, 4.69) is 5.32 Å². The molecule has 18 heavy (non-hydrogen) atoms. The molecule has 1 aromatic carbocycles. The van der Waals surface area contributed by atoms with Gasteiger partial charge in [-0.05, 0) is 48.6 Å². The summed E-state index contributed by atoms with van der Waals surface area (Å²) < 4.78 is 0.525. The van der Waals surface area contributed by atoms with Gasteiger partial charge in [0.1, 0.15) is 5.54 Å². The highest BCUT2D eigenvalue weighted by Crippen LogP contribution is 2.27. The maximum atomic E-state index is 12.0. The van der Waals surface area contributed by atoms with E-state index in [4.69, 9.17) is 28.3 Å². The summed E-state index contributed by atoms with van der Waals surface area (Å²) in [5.74, 6) is -1.66. The Labute approximate surface area is 128 Å². The fraction of sp³-hybridized carbons (Fsp3) is 0.273. The van der Waals surface area contributed by atoms with E-state index in [-0.39, 0.29) is 5.56 Å². The SMILES string of the molecule is CC(C)(NC(=O)c1cc(Cl)cc(Cl)c1I)C(=O)O. The third-order valence-electron chi connectivity index (χ3n) is 2.20. The first kappa shape index (κ1) is 15.5. The minimum Gasteiger partial charge on any atom is -0.480 e. The Morgan fingerprint density at radius 1 is 1.33 bits per heavy atom. The molecule has 4 nitrogen and oxygen atoms in total. The Morgan fingerprint density at radius 2 is 1.89 bits per heavy atom. The highest BCUT2D eigenvalue weighted by atomic mass is 127. The average molecular weight is 402 g/mol. The zero-order valence-corrected chi connectivity index (χ0v) is 13.2. The smallest absolute Gasteiger partial charge is 0.328 e. The third-order valence-corrected chi connectivity index (χ3v) is 4.20. The molecule has 0 atom stereocenters. The Hall–Kier alpha value is -0.530. The van der Waals surface area contributed by atoms with Gasteiger partial charge in [0.05, 0.1) is 10.6 Å².